The van der Waals surface area contributed by atoms with Crippen LogP contribution in [0.2, 0.25) is 0 Å². The third kappa shape index (κ3) is 4.32. The number of thioether (sulfide) groups is 1. The first-order valence-electron chi connectivity index (χ1n) is 9.52. The van der Waals surface area contributed by atoms with Crippen LogP contribution in [0.1, 0.15) is 43.9 Å². The number of benzene rings is 1. The van der Waals surface area contributed by atoms with Gasteiger partial charge in [-0.05, 0) is 54.7 Å². The number of fused-ring (bicyclic) bond motifs is 1. The first-order chi connectivity index (χ1) is 13.0. The highest BCUT2D eigenvalue weighted by molar-refractivity contribution is 7.99. The van der Waals surface area contributed by atoms with E-state index in [2.05, 4.69) is 63.9 Å². The number of amides is 1. The summed E-state index contributed by atoms with van der Waals surface area (Å²) in [7, 11) is 0. The Morgan fingerprint density at radius 2 is 2.07 bits per heavy atom. The molecule has 4 rings (SSSR count). The van der Waals surface area contributed by atoms with E-state index in [0.29, 0.717) is 18.3 Å². The number of nitrogens with one attached hydrogen (secondary N) is 1. The van der Waals surface area contributed by atoms with E-state index in [1.807, 2.05) is 4.68 Å². The van der Waals surface area contributed by atoms with E-state index in [0.717, 1.165) is 37.5 Å². The van der Waals surface area contributed by atoms with Gasteiger partial charge in [0.1, 0.15) is 0 Å². The topological polar surface area (TPSA) is 75.9 Å². The molecule has 1 aliphatic carbocycles. The fourth-order valence-electron chi connectivity index (χ4n) is 3.45. The summed E-state index contributed by atoms with van der Waals surface area (Å²) in [6.07, 6.45) is 3.31. The maximum atomic E-state index is 12.3. The molecule has 1 aromatic carbocycles. The summed E-state index contributed by atoms with van der Waals surface area (Å²) in [5, 5.41) is 15.6. The van der Waals surface area contributed by atoms with Crippen molar-refractivity contribution >= 4 is 17.7 Å². The summed E-state index contributed by atoms with van der Waals surface area (Å²) in [5.41, 5.74) is 2.74. The monoisotopic (exact) mass is 386 g/mol. The molecule has 0 saturated heterocycles. The van der Waals surface area contributed by atoms with Crippen molar-refractivity contribution in [3.05, 3.63) is 35.4 Å². The zero-order valence-electron chi connectivity index (χ0n) is 15.9. The molecule has 0 radical (unpaired) electrons. The van der Waals surface area contributed by atoms with Gasteiger partial charge in [-0.1, -0.05) is 36.0 Å². The average molecular weight is 387 g/mol. The molecule has 2 aliphatic rings. The van der Waals surface area contributed by atoms with Crippen molar-refractivity contribution in [1.29, 1.82) is 0 Å². The molecule has 0 bridgehead atoms. The minimum absolute atomic E-state index is 0.0239. The highest BCUT2D eigenvalue weighted by Crippen LogP contribution is 2.36. The minimum Gasteiger partial charge on any atom is -0.354 e. The van der Waals surface area contributed by atoms with Crippen molar-refractivity contribution in [2.45, 2.75) is 56.4 Å². The van der Waals surface area contributed by atoms with E-state index in [1.165, 1.54) is 22.9 Å². The Bertz CT molecular complexity index is 816. The highest BCUT2D eigenvalue weighted by atomic mass is 32.2. The predicted molar refractivity (Wildman–Crippen MR) is 104 cm³/mol. The van der Waals surface area contributed by atoms with Gasteiger partial charge in [0.2, 0.25) is 11.1 Å². The smallest absolute Gasteiger partial charge is 0.230 e. The lowest BCUT2D eigenvalue weighted by atomic mass is 9.94. The molecule has 1 aliphatic heterocycles. The second-order valence-corrected chi connectivity index (χ2v) is 8.90. The van der Waals surface area contributed by atoms with Gasteiger partial charge >= 0.3 is 0 Å². The lowest BCUT2D eigenvalue weighted by Gasteiger charge is -2.41. The highest BCUT2D eigenvalue weighted by Gasteiger charge is 2.30. The van der Waals surface area contributed by atoms with Crippen molar-refractivity contribution in [3.8, 4) is 0 Å². The Kier molecular flexibility index (Phi) is 5.19. The van der Waals surface area contributed by atoms with Gasteiger partial charge in [0.15, 0.2) is 0 Å². The fourth-order valence-corrected chi connectivity index (χ4v) is 4.22. The van der Waals surface area contributed by atoms with Gasteiger partial charge in [-0.2, -0.15) is 0 Å². The van der Waals surface area contributed by atoms with E-state index in [4.69, 9.17) is 0 Å². The fraction of sp³-hybridized carbons (Fsp3) is 0.579. The first kappa shape index (κ1) is 18.4. The summed E-state index contributed by atoms with van der Waals surface area (Å²) in [4.78, 5) is 14.8. The summed E-state index contributed by atoms with van der Waals surface area (Å²) in [6, 6.07) is 9.05. The molecular formula is C19H26N6OS. The molecule has 0 spiro atoms. The third-order valence-electron chi connectivity index (χ3n) is 5.39. The molecule has 1 fully saturated rings. The summed E-state index contributed by atoms with van der Waals surface area (Å²) in [6.45, 7) is 6.97. The lowest BCUT2D eigenvalue weighted by Crippen LogP contribution is -2.53. The van der Waals surface area contributed by atoms with Crippen LogP contribution in [0.25, 0.3) is 0 Å². The van der Waals surface area contributed by atoms with Crippen LogP contribution in [-0.4, -0.2) is 55.4 Å². The summed E-state index contributed by atoms with van der Waals surface area (Å²) in [5.74, 6) is 0.363. The van der Waals surface area contributed by atoms with Crippen molar-refractivity contribution in [2.75, 3.05) is 18.8 Å². The number of carbonyl (C=O) groups is 1. The maximum absolute atomic E-state index is 12.3. The van der Waals surface area contributed by atoms with Gasteiger partial charge in [-0.3, -0.25) is 9.69 Å². The Hall–Kier alpha value is -1.93. The number of aromatic nitrogens is 4. The van der Waals surface area contributed by atoms with Gasteiger partial charge in [0.05, 0.1) is 11.8 Å². The molecule has 0 unspecified atom stereocenters. The Morgan fingerprint density at radius 1 is 1.30 bits per heavy atom. The van der Waals surface area contributed by atoms with E-state index < -0.39 is 0 Å². The second kappa shape index (κ2) is 7.59. The van der Waals surface area contributed by atoms with Crippen LogP contribution < -0.4 is 5.32 Å². The molecule has 144 valence electrons. The Balaban J connectivity index is 1.27. The predicted octanol–water partition coefficient (Wildman–Crippen LogP) is 2.05. The first-order valence-corrected chi connectivity index (χ1v) is 10.5. The summed E-state index contributed by atoms with van der Waals surface area (Å²) >= 11 is 1.41. The molecule has 2 heterocycles. The molecule has 1 saturated carbocycles. The van der Waals surface area contributed by atoms with Crippen LogP contribution in [0.5, 0.6) is 0 Å². The van der Waals surface area contributed by atoms with Gasteiger partial charge < -0.3 is 5.32 Å². The maximum Gasteiger partial charge on any atom is 0.230 e. The van der Waals surface area contributed by atoms with Crippen molar-refractivity contribution in [3.63, 3.8) is 0 Å². The normalized spacial score (nSPS) is 17.6. The van der Waals surface area contributed by atoms with Crippen molar-refractivity contribution in [2.24, 2.45) is 0 Å². The molecule has 0 atom stereocenters. The van der Waals surface area contributed by atoms with Crippen LogP contribution in [0.4, 0.5) is 0 Å². The van der Waals surface area contributed by atoms with Crippen molar-refractivity contribution in [1.82, 2.24) is 30.4 Å². The minimum atomic E-state index is -0.0938. The van der Waals surface area contributed by atoms with Crippen LogP contribution in [0.15, 0.2) is 29.4 Å². The largest absolute Gasteiger partial charge is 0.354 e. The van der Waals surface area contributed by atoms with E-state index in [1.54, 1.807) is 0 Å². The Morgan fingerprint density at radius 3 is 2.85 bits per heavy atom. The molecule has 27 heavy (non-hydrogen) atoms. The SMILES string of the molecule is CC(C)(CNC(=O)CSc1nnnn1C1CC1)N1CCc2ccccc2C1. The molecule has 1 aromatic heterocycles. The number of hydrogen-bond acceptors (Lipinski definition) is 6. The second-order valence-electron chi connectivity index (χ2n) is 7.96. The van der Waals surface area contributed by atoms with Crippen molar-refractivity contribution < 1.29 is 4.79 Å². The van der Waals surface area contributed by atoms with E-state index in [-0.39, 0.29) is 11.4 Å². The van der Waals surface area contributed by atoms with Crippen LogP contribution >= 0.6 is 11.8 Å². The number of tetrazole rings is 1. The van der Waals surface area contributed by atoms with Crippen LogP contribution in [0.3, 0.4) is 0 Å². The molecule has 8 heteroatoms. The van der Waals surface area contributed by atoms with Gasteiger partial charge in [0, 0.05) is 25.2 Å². The van der Waals surface area contributed by atoms with Gasteiger partial charge in [0.25, 0.3) is 0 Å². The molecule has 2 aromatic rings. The quantitative estimate of drug-likeness (QED) is 0.734. The molecular weight excluding hydrogens is 360 g/mol. The molecule has 1 amide bonds. The number of hydrogen-bond donors (Lipinski definition) is 1. The molecule has 1 N–H and O–H groups in total. The lowest BCUT2D eigenvalue weighted by molar-refractivity contribution is -0.119. The van der Waals surface area contributed by atoms with E-state index in [9.17, 15) is 4.79 Å². The van der Waals surface area contributed by atoms with E-state index >= 15 is 0 Å². The Labute approximate surface area is 163 Å². The number of carbonyl (C=O) groups excluding carboxylic acids is 1. The zero-order valence-corrected chi connectivity index (χ0v) is 16.7. The van der Waals surface area contributed by atoms with Gasteiger partial charge in [-0.25, -0.2) is 4.68 Å². The average Bonchev–Trinajstić information content (AvgIpc) is 3.42. The molecule has 7 nitrogen and oxygen atoms in total. The number of rotatable bonds is 7. The van der Waals surface area contributed by atoms with Gasteiger partial charge in [-0.15, -0.1) is 5.10 Å². The summed E-state index contributed by atoms with van der Waals surface area (Å²) < 4.78 is 1.84. The van der Waals surface area contributed by atoms with Crippen LogP contribution in [0, 0.1) is 0 Å². The number of nitrogens with zero attached hydrogens (tertiary/aromatic N) is 5. The third-order valence-corrected chi connectivity index (χ3v) is 6.33. The zero-order chi connectivity index (χ0) is 18.9. The standard InChI is InChI=1S/C19H26N6OS/c1-19(2,24-10-9-14-5-3-4-6-15(14)11-24)13-20-17(26)12-27-18-21-22-23-25(18)16-7-8-16/h3-6,16H,7-13H2,1-2H3,(H,20,26). The van der Waals surface area contributed by atoms with Crippen LogP contribution in [-0.2, 0) is 17.8 Å².